The van der Waals surface area contributed by atoms with Crippen LogP contribution in [0.2, 0.25) is 13.3 Å². The predicted molar refractivity (Wildman–Crippen MR) is 107 cm³/mol. The van der Waals surface area contributed by atoms with Crippen molar-refractivity contribution in [1.82, 2.24) is 0 Å². The average molecular weight is 415 g/mol. The first-order valence-electron chi connectivity index (χ1n) is 10.3. The van der Waals surface area contributed by atoms with Crippen LogP contribution in [0.5, 0.6) is 0 Å². The number of rotatable bonds is 15. The molecule has 0 rings (SSSR count). The van der Waals surface area contributed by atoms with Crippen LogP contribution in [0.15, 0.2) is 10.2 Å². The van der Waals surface area contributed by atoms with Crippen molar-refractivity contribution in [1.29, 1.82) is 0 Å². The summed E-state index contributed by atoms with van der Waals surface area (Å²) in [7, 11) is 0. The van der Waals surface area contributed by atoms with E-state index in [1.807, 2.05) is 0 Å². The molecule has 0 nitrogen and oxygen atoms in total. The Morgan fingerprint density at radius 3 is 1.55 bits per heavy atom. The molecule has 0 saturated heterocycles. The Morgan fingerprint density at radius 2 is 1.14 bits per heavy atom. The minimum atomic E-state index is -1.99. The Hall–Kier alpha value is 0.539. The monoisotopic (exact) mass is 416 g/mol. The van der Waals surface area contributed by atoms with E-state index < -0.39 is 18.4 Å². The van der Waals surface area contributed by atoms with Crippen molar-refractivity contribution in [3.8, 4) is 0 Å². The van der Waals surface area contributed by atoms with Crippen molar-refractivity contribution in [3.63, 3.8) is 0 Å². The number of hydrogen-bond donors (Lipinski definition) is 0. The molecule has 0 aromatic heterocycles. The standard InChI is InChI=1S/C9H17.3C4H9.Sn/c1-4-6-7-8-9(3)5-2;3*1-3-4-2;/h2,5,9H,4,6-8H2,1,3H3;3*1,3-4H2,2H3;/t9-;;;;/m1..../s1. The molecule has 0 saturated carbocycles. The Kier molecular flexibility index (Phi) is 15.5. The predicted octanol–water partition coefficient (Wildman–Crippen LogP) is 8.15. The van der Waals surface area contributed by atoms with Crippen molar-refractivity contribution >= 4 is 18.4 Å². The molecule has 0 amide bonds. The van der Waals surface area contributed by atoms with Gasteiger partial charge in [0, 0.05) is 0 Å². The second-order valence-electron chi connectivity index (χ2n) is 7.51. The van der Waals surface area contributed by atoms with Gasteiger partial charge in [-0.15, -0.1) is 0 Å². The molecule has 0 spiro atoms. The van der Waals surface area contributed by atoms with Crippen LogP contribution in [-0.4, -0.2) is 18.4 Å². The van der Waals surface area contributed by atoms with Crippen LogP contribution >= 0.6 is 0 Å². The third-order valence-corrected chi connectivity index (χ3v) is 19.2. The van der Waals surface area contributed by atoms with Crippen LogP contribution in [0.25, 0.3) is 0 Å². The van der Waals surface area contributed by atoms with Gasteiger partial charge in [0.25, 0.3) is 0 Å². The van der Waals surface area contributed by atoms with Gasteiger partial charge in [-0.2, -0.15) is 0 Å². The fraction of sp³-hybridized carbons (Fsp3) is 0.905. The maximum absolute atomic E-state index is 2.87. The quantitative estimate of drug-likeness (QED) is 0.187. The maximum atomic E-state index is 2.87. The molecule has 0 radical (unpaired) electrons. The molecule has 0 aliphatic rings. The zero-order chi connectivity index (χ0) is 16.7. The number of unbranched alkanes of at least 4 members (excludes halogenated alkanes) is 5. The summed E-state index contributed by atoms with van der Waals surface area (Å²) in [5, 5.41) is 0. The Labute approximate surface area is 146 Å². The fourth-order valence-corrected chi connectivity index (χ4v) is 18.1. The van der Waals surface area contributed by atoms with Gasteiger partial charge in [-0.05, 0) is 0 Å². The summed E-state index contributed by atoms with van der Waals surface area (Å²) in [5.41, 5.74) is 0. The fourth-order valence-electron chi connectivity index (χ4n) is 3.39. The van der Waals surface area contributed by atoms with E-state index in [1.54, 1.807) is 13.3 Å². The molecule has 132 valence electrons. The van der Waals surface area contributed by atoms with Gasteiger partial charge >= 0.3 is 147 Å². The summed E-state index contributed by atoms with van der Waals surface area (Å²) in [4.78, 5) is 0. The molecule has 22 heavy (non-hydrogen) atoms. The molecular weight excluding hydrogens is 371 g/mol. The van der Waals surface area contributed by atoms with Crippen molar-refractivity contribution in [3.05, 3.63) is 10.2 Å². The summed E-state index contributed by atoms with van der Waals surface area (Å²) in [6.07, 6.45) is 16.9. The third kappa shape index (κ3) is 11.1. The van der Waals surface area contributed by atoms with E-state index in [-0.39, 0.29) is 0 Å². The summed E-state index contributed by atoms with van der Waals surface area (Å²) >= 11 is -1.99. The van der Waals surface area contributed by atoms with Crippen LogP contribution in [-0.2, 0) is 0 Å². The Balaban J connectivity index is 4.74. The molecule has 0 heterocycles. The molecule has 0 unspecified atom stereocenters. The van der Waals surface area contributed by atoms with Gasteiger partial charge in [0.15, 0.2) is 0 Å². The third-order valence-electron chi connectivity index (χ3n) is 5.13. The van der Waals surface area contributed by atoms with Gasteiger partial charge in [-0.3, -0.25) is 0 Å². The zero-order valence-corrected chi connectivity index (χ0v) is 19.3. The van der Waals surface area contributed by atoms with Gasteiger partial charge in [0.2, 0.25) is 0 Å². The van der Waals surface area contributed by atoms with Crippen molar-refractivity contribution in [2.75, 3.05) is 0 Å². The second kappa shape index (κ2) is 15.1. The first kappa shape index (κ1) is 22.5. The molecule has 0 aliphatic carbocycles. The second-order valence-corrected chi connectivity index (χ2v) is 20.5. The van der Waals surface area contributed by atoms with Gasteiger partial charge in [-0.1, -0.05) is 0 Å². The van der Waals surface area contributed by atoms with E-state index in [9.17, 15) is 0 Å². The normalized spacial score (nSPS) is 13.9. The van der Waals surface area contributed by atoms with Crippen LogP contribution in [0.1, 0.15) is 98.8 Å². The molecule has 1 atom stereocenters. The van der Waals surface area contributed by atoms with E-state index in [2.05, 4.69) is 44.8 Å². The molecule has 0 aromatic rings. The van der Waals surface area contributed by atoms with Gasteiger partial charge in [0.1, 0.15) is 0 Å². The van der Waals surface area contributed by atoms with Crippen LogP contribution in [0.4, 0.5) is 0 Å². The molecule has 0 bridgehead atoms. The van der Waals surface area contributed by atoms with Crippen molar-refractivity contribution in [2.24, 2.45) is 5.92 Å². The molecular formula is C21H44Sn. The van der Waals surface area contributed by atoms with Gasteiger partial charge in [0.05, 0.1) is 0 Å². The summed E-state index contributed by atoms with van der Waals surface area (Å²) in [5.74, 6) is 0.813. The minimum absolute atomic E-state index is 0.813. The van der Waals surface area contributed by atoms with Crippen LogP contribution in [0, 0.1) is 5.92 Å². The van der Waals surface area contributed by atoms with Crippen molar-refractivity contribution in [2.45, 2.75) is 112 Å². The first-order valence-corrected chi connectivity index (χ1v) is 18.0. The summed E-state index contributed by atoms with van der Waals surface area (Å²) in [6, 6.07) is 0. The zero-order valence-electron chi connectivity index (χ0n) is 16.4. The molecule has 0 fully saturated rings. The topological polar surface area (TPSA) is 0 Å². The molecule has 0 N–H and O–H groups in total. The summed E-state index contributed by atoms with van der Waals surface area (Å²) in [6.45, 7) is 11.9. The van der Waals surface area contributed by atoms with E-state index >= 15 is 0 Å². The Morgan fingerprint density at radius 1 is 0.682 bits per heavy atom. The van der Waals surface area contributed by atoms with E-state index in [1.165, 1.54) is 64.2 Å². The number of hydrogen-bond acceptors (Lipinski definition) is 0. The van der Waals surface area contributed by atoms with Gasteiger partial charge in [-0.25, -0.2) is 0 Å². The number of allylic oxidation sites excluding steroid dienone is 1. The molecule has 0 aliphatic heterocycles. The summed E-state index contributed by atoms with van der Waals surface area (Å²) < 4.78 is 7.71. The molecule has 1 heteroatoms. The molecule has 0 aromatic carbocycles. The van der Waals surface area contributed by atoms with E-state index in [0.29, 0.717) is 0 Å². The average Bonchev–Trinajstić information content (AvgIpc) is 2.54. The SMILES string of the molecule is CCCCC[C@H](C)/C=[CH]\[Sn]([CH2]CCC)([CH2]CCC)[CH2]CCC. The van der Waals surface area contributed by atoms with E-state index in [0.717, 1.165) is 5.92 Å². The Bertz CT molecular complexity index is 235. The van der Waals surface area contributed by atoms with Crippen LogP contribution < -0.4 is 0 Å². The van der Waals surface area contributed by atoms with E-state index in [4.69, 9.17) is 0 Å². The van der Waals surface area contributed by atoms with Gasteiger partial charge < -0.3 is 0 Å². The van der Waals surface area contributed by atoms with Crippen molar-refractivity contribution < 1.29 is 0 Å². The first-order chi connectivity index (χ1) is 10.6. The van der Waals surface area contributed by atoms with Crippen LogP contribution in [0.3, 0.4) is 0 Å².